The van der Waals surface area contributed by atoms with E-state index in [1.807, 2.05) is 0 Å². The molecular formula is C15H30N2O. The third kappa shape index (κ3) is 4.22. The van der Waals surface area contributed by atoms with Crippen molar-refractivity contribution in [3.63, 3.8) is 0 Å². The van der Waals surface area contributed by atoms with Gasteiger partial charge in [0.25, 0.3) is 0 Å². The van der Waals surface area contributed by atoms with Gasteiger partial charge < -0.3 is 10.1 Å². The third-order valence-electron chi connectivity index (χ3n) is 4.54. The van der Waals surface area contributed by atoms with Gasteiger partial charge in [-0.25, -0.2) is 0 Å². The molecule has 2 aliphatic rings. The zero-order chi connectivity index (χ0) is 13.0. The maximum atomic E-state index is 5.79. The van der Waals surface area contributed by atoms with E-state index in [4.69, 9.17) is 4.74 Å². The van der Waals surface area contributed by atoms with Crippen molar-refractivity contribution >= 4 is 0 Å². The maximum absolute atomic E-state index is 5.79. The maximum Gasteiger partial charge on any atom is 0.0678 e. The fourth-order valence-corrected chi connectivity index (χ4v) is 3.45. The van der Waals surface area contributed by atoms with Gasteiger partial charge in [0.2, 0.25) is 0 Å². The number of rotatable bonds is 4. The van der Waals surface area contributed by atoms with E-state index < -0.39 is 0 Å². The van der Waals surface area contributed by atoms with Gasteiger partial charge in [0.05, 0.1) is 12.2 Å². The average molecular weight is 254 g/mol. The van der Waals surface area contributed by atoms with Crippen LogP contribution in [-0.4, -0.2) is 49.8 Å². The zero-order valence-corrected chi connectivity index (χ0v) is 12.3. The van der Waals surface area contributed by atoms with Gasteiger partial charge in [0.15, 0.2) is 0 Å². The molecule has 0 aromatic heterocycles. The van der Waals surface area contributed by atoms with Crippen LogP contribution in [0.2, 0.25) is 0 Å². The lowest BCUT2D eigenvalue weighted by atomic mass is 9.85. The van der Waals surface area contributed by atoms with Crippen LogP contribution in [-0.2, 0) is 4.74 Å². The Hall–Kier alpha value is -0.120. The summed E-state index contributed by atoms with van der Waals surface area (Å²) in [6.45, 7) is 12.7. The molecule has 4 atom stereocenters. The second-order valence-electron chi connectivity index (χ2n) is 6.39. The van der Waals surface area contributed by atoms with Gasteiger partial charge in [0.1, 0.15) is 0 Å². The predicted octanol–water partition coefficient (Wildman–Crippen LogP) is 2.12. The first-order valence-corrected chi connectivity index (χ1v) is 7.73. The topological polar surface area (TPSA) is 24.5 Å². The van der Waals surface area contributed by atoms with Crippen LogP contribution in [0.3, 0.4) is 0 Å². The summed E-state index contributed by atoms with van der Waals surface area (Å²) < 4.78 is 5.79. The second-order valence-corrected chi connectivity index (χ2v) is 6.39. The lowest BCUT2D eigenvalue weighted by Crippen LogP contribution is -2.46. The highest BCUT2D eigenvalue weighted by atomic mass is 16.5. The van der Waals surface area contributed by atoms with E-state index in [9.17, 15) is 0 Å². The summed E-state index contributed by atoms with van der Waals surface area (Å²) in [5.41, 5.74) is 0. The number of ether oxygens (including phenoxy) is 1. The summed E-state index contributed by atoms with van der Waals surface area (Å²) in [7, 11) is 0. The molecule has 0 saturated carbocycles. The van der Waals surface area contributed by atoms with E-state index in [0.29, 0.717) is 12.2 Å². The van der Waals surface area contributed by atoms with E-state index >= 15 is 0 Å². The fraction of sp³-hybridized carbons (Fsp3) is 1.00. The molecule has 2 heterocycles. The van der Waals surface area contributed by atoms with Gasteiger partial charge in [-0.05, 0) is 64.6 Å². The molecule has 18 heavy (non-hydrogen) atoms. The molecule has 0 aliphatic carbocycles. The average Bonchev–Trinajstić information content (AvgIpc) is 2.36. The van der Waals surface area contributed by atoms with Gasteiger partial charge in [-0.15, -0.1) is 0 Å². The molecule has 0 bridgehead atoms. The number of hydrogen-bond donors (Lipinski definition) is 1. The molecule has 1 N–H and O–H groups in total. The summed E-state index contributed by atoms with van der Waals surface area (Å²) in [6.07, 6.45) is 4.93. The second kappa shape index (κ2) is 6.88. The number of nitrogens with zero attached hydrogens (tertiary/aromatic N) is 1. The highest BCUT2D eigenvalue weighted by Crippen LogP contribution is 2.23. The highest BCUT2D eigenvalue weighted by Gasteiger charge is 2.24. The summed E-state index contributed by atoms with van der Waals surface area (Å²) in [6, 6.07) is 0. The van der Waals surface area contributed by atoms with Crippen molar-refractivity contribution < 1.29 is 4.74 Å². The summed E-state index contributed by atoms with van der Waals surface area (Å²) in [5, 5.41) is 3.53. The van der Waals surface area contributed by atoms with Crippen LogP contribution >= 0.6 is 0 Å². The molecule has 106 valence electrons. The molecule has 0 aromatic rings. The van der Waals surface area contributed by atoms with Crippen molar-refractivity contribution in [3.8, 4) is 0 Å². The van der Waals surface area contributed by atoms with E-state index in [0.717, 1.165) is 24.9 Å². The first kappa shape index (κ1) is 14.3. The van der Waals surface area contributed by atoms with E-state index in [1.54, 1.807) is 0 Å². The molecular weight excluding hydrogens is 224 g/mol. The standard InChI is InChI=1S/C15H30N2O/c1-12(15-5-4-7-16-9-15)6-8-17-10-13(2)18-14(3)11-17/h12-16H,4-11H2,1-3H3. The van der Waals surface area contributed by atoms with Gasteiger partial charge in [-0.1, -0.05) is 6.92 Å². The number of nitrogens with one attached hydrogen (secondary N) is 1. The largest absolute Gasteiger partial charge is 0.373 e. The van der Waals surface area contributed by atoms with Crippen molar-refractivity contribution in [2.75, 3.05) is 32.7 Å². The number of morpholine rings is 1. The quantitative estimate of drug-likeness (QED) is 0.832. The van der Waals surface area contributed by atoms with Crippen molar-refractivity contribution in [1.82, 2.24) is 10.2 Å². The summed E-state index contributed by atoms with van der Waals surface area (Å²) in [4.78, 5) is 2.59. The minimum atomic E-state index is 0.403. The van der Waals surface area contributed by atoms with Crippen LogP contribution in [0, 0.1) is 11.8 Å². The molecule has 4 unspecified atom stereocenters. The van der Waals surface area contributed by atoms with E-state index in [1.165, 1.54) is 38.9 Å². The molecule has 2 aliphatic heterocycles. The Morgan fingerprint density at radius 1 is 1.28 bits per heavy atom. The van der Waals surface area contributed by atoms with Crippen molar-refractivity contribution in [2.45, 2.75) is 52.2 Å². The van der Waals surface area contributed by atoms with Crippen LogP contribution in [0.5, 0.6) is 0 Å². The third-order valence-corrected chi connectivity index (χ3v) is 4.54. The van der Waals surface area contributed by atoms with E-state index in [2.05, 4.69) is 31.0 Å². The first-order chi connectivity index (χ1) is 8.65. The Morgan fingerprint density at radius 2 is 2.00 bits per heavy atom. The van der Waals surface area contributed by atoms with Gasteiger partial charge in [-0.3, -0.25) is 4.90 Å². The molecule has 3 heteroatoms. The van der Waals surface area contributed by atoms with Crippen LogP contribution in [0.25, 0.3) is 0 Å². The molecule has 3 nitrogen and oxygen atoms in total. The van der Waals surface area contributed by atoms with Crippen molar-refractivity contribution in [2.24, 2.45) is 11.8 Å². The van der Waals surface area contributed by atoms with Gasteiger partial charge in [-0.2, -0.15) is 0 Å². The number of hydrogen-bond acceptors (Lipinski definition) is 3. The van der Waals surface area contributed by atoms with Gasteiger partial charge in [0, 0.05) is 13.1 Å². The minimum Gasteiger partial charge on any atom is -0.373 e. The van der Waals surface area contributed by atoms with Gasteiger partial charge >= 0.3 is 0 Å². The van der Waals surface area contributed by atoms with E-state index in [-0.39, 0.29) is 0 Å². The molecule has 0 radical (unpaired) electrons. The lowest BCUT2D eigenvalue weighted by molar-refractivity contribution is -0.0692. The molecule has 2 rings (SSSR count). The SMILES string of the molecule is CC1CN(CCC(C)C2CCCNC2)CC(C)O1. The summed E-state index contributed by atoms with van der Waals surface area (Å²) >= 11 is 0. The lowest BCUT2D eigenvalue weighted by Gasteiger charge is -2.36. The fourth-order valence-electron chi connectivity index (χ4n) is 3.45. The Morgan fingerprint density at radius 3 is 2.61 bits per heavy atom. The minimum absolute atomic E-state index is 0.403. The van der Waals surface area contributed by atoms with Crippen LogP contribution in [0.4, 0.5) is 0 Å². The highest BCUT2D eigenvalue weighted by molar-refractivity contribution is 4.77. The molecule has 0 aromatic carbocycles. The Balaban J connectivity index is 1.69. The monoisotopic (exact) mass is 254 g/mol. The van der Waals surface area contributed by atoms with Crippen LogP contribution < -0.4 is 5.32 Å². The normalized spacial score (nSPS) is 36.5. The van der Waals surface area contributed by atoms with Crippen molar-refractivity contribution in [3.05, 3.63) is 0 Å². The molecule has 2 fully saturated rings. The smallest absolute Gasteiger partial charge is 0.0678 e. The first-order valence-electron chi connectivity index (χ1n) is 7.73. The number of piperidine rings is 1. The zero-order valence-electron chi connectivity index (χ0n) is 12.3. The van der Waals surface area contributed by atoms with Crippen molar-refractivity contribution in [1.29, 1.82) is 0 Å². The molecule has 2 saturated heterocycles. The summed E-state index contributed by atoms with van der Waals surface area (Å²) in [5.74, 6) is 1.75. The molecule has 0 spiro atoms. The van der Waals surface area contributed by atoms with Crippen LogP contribution in [0.15, 0.2) is 0 Å². The molecule has 0 amide bonds. The predicted molar refractivity (Wildman–Crippen MR) is 75.8 cm³/mol. The Labute approximate surface area is 112 Å². The Bertz CT molecular complexity index is 231. The van der Waals surface area contributed by atoms with Crippen LogP contribution in [0.1, 0.15) is 40.0 Å². The Kier molecular flexibility index (Phi) is 5.46.